The topological polar surface area (TPSA) is 107 Å². The van der Waals surface area contributed by atoms with Crippen molar-refractivity contribution in [1.82, 2.24) is 25.1 Å². The predicted octanol–water partition coefficient (Wildman–Crippen LogP) is 1.77. The van der Waals surface area contributed by atoms with E-state index in [0.29, 0.717) is 22.5 Å². The lowest BCUT2D eigenvalue weighted by atomic mass is 10.1. The fraction of sp³-hybridized carbons (Fsp3) is 0.250. The monoisotopic (exact) mass is 394 g/mol. The number of carbonyl (C=O) groups is 2. The number of benzene rings is 2. The van der Waals surface area contributed by atoms with E-state index in [0.717, 1.165) is 12.8 Å². The summed E-state index contributed by atoms with van der Waals surface area (Å²) in [5.74, 6) is -0.704. The highest BCUT2D eigenvalue weighted by molar-refractivity contribution is 5.93. The van der Waals surface area contributed by atoms with Crippen molar-refractivity contribution in [2.24, 2.45) is 5.73 Å². The van der Waals surface area contributed by atoms with Gasteiger partial charge in [-0.2, -0.15) is 4.80 Å². The number of rotatable bonds is 7. The van der Waals surface area contributed by atoms with Crippen LogP contribution in [-0.4, -0.2) is 43.0 Å². The van der Waals surface area contributed by atoms with E-state index in [2.05, 4.69) is 15.4 Å². The first-order valence-corrected chi connectivity index (χ1v) is 9.22. The van der Waals surface area contributed by atoms with Gasteiger partial charge < -0.3 is 10.6 Å². The quantitative estimate of drug-likeness (QED) is 0.657. The Labute approximate surface area is 166 Å². The summed E-state index contributed by atoms with van der Waals surface area (Å²) in [6.07, 6.45) is 1.81. The Morgan fingerprint density at radius 3 is 2.52 bits per heavy atom. The maximum atomic E-state index is 14.0. The average Bonchev–Trinajstić information content (AvgIpc) is 3.45. The van der Waals surface area contributed by atoms with Gasteiger partial charge in [-0.1, -0.05) is 30.3 Å². The smallest absolute Gasteiger partial charge is 0.248 e. The van der Waals surface area contributed by atoms with Gasteiger partial charge in [0.25, 0.3) is 0 Å². The molecule has 2 N–H and O–H groups in total. The number of nitrogens with zero attached hydrogens (tertiary/aromatic N) is 5. The zero-order chi connectivity index (χ0) is 20.4. The number of halogens is 1. The summed E-state index contributed by atoms with van der Waals surface area (Å²) in [6.45, 7) is 0.129. The Morgan fingerprint density at radius 1 is 1.14 bits per heavy atom. The molecule has 29 heavy (non-hydrogen) atoms. The maximum Gasteiger partial charge on any atom is 0.248 e. The lowest BCUT2D eigenvalue weighted by Gasteiger charge is -2.22. The SMILES string of the molecule is NC(=O)c1ccc(-c2nnn(CC(=O)N(Cc3ccccc3F)C3CC3)n2)cc1. The van der Waals surface area contributed by atoms with E-state index in [1.165, 1.54) is 10.9 Å². The second-order valence-electron chi connectivity index (χ2n) is 6.93. The zero-order valence-electron chi connectivity index (χ0n) is 15.5. The van der Waals surface area contributed by atoms with Gasteiger partial charge in [-0.05, 0) is 36.3 Å². The number of primary amides is 1. The lowest BCUT2D eigenvalue weighted by Crippen LogP contribution is -2.36. The summed E-state index contributed by atoms with van der Waals surface area (Å²) in [5, 5.41) is 12.1. The molecular weight excluding hydrogens is 375 g/mol. The number of aromatic nitrogens is 4. The van der Waals surface area contributed by atoms with Crippen LogP contribution in [0.1, 0.15) is 28.8 Å². The highest BCUT2D eigenvalue weighted by Crippen LogP contribution is 2.29. The molecule has 1 saturated carbocycles. The molecule has 1 aliphatic carbocycles. The summed E-state index contributed by atoms with van der Waals surface area (Å²) in [5.41, 5.74) is 6.74. The summed E-state index contributed by atoms with van der Waals surface area (Å²) >= 11 is 0. The minimum Gasteiger partial charge on any atom is -0.366 e. The number of tetrazole rings is 1. The van der Waals surface area contributed by atoms with Crippen molar-refractivity contribution < 1.29 is 14.0 Å². The summed E-state index contributed by atoms with van der Waals surface area (Å²) in [7, 11) is 0. The molecule has 1 fully saturated rings. The van der Waals surface area contributed by atoms with Crippen molar-refractivity contribution in [2.75, 3.05) is 0 Å². The van der Waals surface area contributed by atoms with Crippen molar-refractivity contribution in [2.45, 2.75) is 32.0 Å². The Bertz CT molecular complexity index is 1050. The molecule has 148 valence electrons. The first-order valence-electron chi connectivity index (χ1n) is 9.22. The summed E-state index contributed by atoms with van der Waals surface area (Å²) < 4.78 is 14.0. The van der Waals surface area contributed by atoms with Crippen LogP contribution >= 0.6 is 0 Å². The third kappa shape index (κ3) is 4.29. The van der Waals surface area contributed by atoms with Crippen molar-refractivity contribution in [3.05, 3.63) is 65.5 Å². The van der Waals surface area contributed by atoms with Gasteiger partial charge in [-0.3, -0.25) is 9.59 Å². The molecule has 2 aromatic carbocycles. The minimum absolute atomic E-state index is 0.0860. The van der Waals surface area contributed by atoms with E-state index in [1.54, 1.807) is 47.4 Å². The number of amides is 2. The molecule has 8 nitrogen and oxygen atoms in total. The molecule has 3 aromatic rings. The first kappa shape index (κ1) is 18.7. The van der Waals surface area contributed by atoms with Crippen LogP contribution in [0.5, 0.6) is 0 Å². The van der Waals surface area contributed by atoms with Crippen molar-refractivity contribution in [1.29, 1.82) is 0 Å². The molecule has 0 saturated heterocycles. The third-order valence-corrected chi connectivity index (χ3v) is 4.76. The Balaban J connectivity index is 1.46. The van der Waals surface area contributed by atoms with Crippen LogP contribution in [0.25, 0.3) is 11.4 Å². The van der Waals surface area contributed by atoms with Crippen LogP contribution < -0.4 is 5.73 Å². The Morgan fingerprint density at radius 2 is 1.86 bits per heavy atom. The molecule has 1 aromatic heterocycles. The molecular formula is C20H19FN6O2. The van der Waals surface area contributed by atoms with Crippen molar-refractivity contribution in [3.63, 3.8) is 0 Å². The van der Waals surface area contributed by atoms with Crippen molar-refractivity contribution in [3.8, 4) is 11.4 Å². The van der Waals surface area contributed by atoms with Gasteiger partial charge in [-0.25, -0.2) is 4.39 Å². The fourth-order valence-electron chi connectivity index (χ4n) is 3.04. The molecule has 9 heteroatoms. The van der Waals surface area contributed by atoms with E-state index in [9.17, 15) is 14.0 Å². The van der Waals surface area contributed by atoms with Crippen LogP contribution in [0.2, 0.25) is 0 Å². The second-order valence-corrected chi connectivity index (χ2v) is 6.93. The summed E-state index contributed by atoms with van der Waals surface area (Å²) in [6, 6.07) is 13.0. The van der Waals surface area contributed by atoms with Gasteiger partial charge in [0.05, 0.1) is 0 Å². The van der Waals surface area contributed by atoms with Crippen LogP contribution in [0, 0.1) is 5.82 Å². The van der Waals surface area contributed by atoms with Crippen LogP contribution in [0.3, 0.4) is 0 Å². The third-order valence-electron chi connectivity index (χ3n) is 4.76. The number of nitrogens with two attached hydrogens (primary N) is 1. The lowest BCUT2D eigenvalue weighted by molar-refractivity contribution is -0.133. The predicted molar refractivity (Wildman–Crippen MR) is 102 cm³/mol. The van der Waals surface area contributed by atoms with Crippen LogP contribution in [-0.2, 0) is 17.9 Å². The van der Waals surface area contributed by atoms with Gasteiger partial charge in [0, 0.05) is 29.3 Å². The van der Waals surface area contributed by atoms with Gasteiger partial charge in [0.1, 0.15) is 12.4 Å². The van der Waals surface area contributed by atoms with E-state index >= 15 is 0 Å². The standard InChI is InChI=1S/C20H19FN6O2/c21-17-4-2-1-3-15(17)11-26(16-9-10-16)18(28)12-27-24-20(23-25-27)14-7-5-13(6-8-14)19(22)29/h1-8,16H,9-12H2,(H2,22,29). The molecule has 0 unspecified atom stereocenters. The van der Waals surface area contributed by atoms with Gasteiger partial charge in [0.2, 0.25) is 17.6 Å². The van der Waals surface area contributed by atoms with E-state index < -0.39 is 5.91 Å². The highest BCUT2D eigenvalue weighted by atomic mass is 19.1. The minimum atomic E-state index is -0.520. The van der Waals surface area contributed by atoms with E-state index in [4.69, 9.17) is 5.73 Å². The number of hydrogen-bond acceptors (Lipinski definition) is 5. The molecule has 0 spiro atoms. The van der Waals surface area contributed by atoms with E-state index in [-0.39, 0.29) is 30.9 Å². The maximum absolute atomic E-state index is 14.0. The molecule has 4 rings (SSSR count). The Kier molecular flexibility index (Phi) is 5.03. The largest absolute Gasteiger partial charge is 0.366 e. The average molecular weight is 394 g/mol. The summed E-state index contributed by atoms with van der Waals surface area (Å²) in [4.78, 5) is 26.8. The van der Waals surface area contributed by atoms with Gasteiger partial charge in [0.15, 0.2) is 0 Å². The fourth-order valence-corrected chi connectivity index (χ4v) is 3.04. The number of hydrogen-bond donors (Lipinski definition) is 1. The van der Waals surface area contributed by atoms with Crippen molar-refractivity contribution >= 4 is 11.8 Å². The molecule has 1 heterocycles. The van der Waals surface area contributed by atoms with Crippen LogP contribution in [0.4, 0.5) is 4.39 Å². The number of carbonyl (C=O) groups excluding carboxylic acids is 2. The molecule has 0 atom stereocenters. The van der Waals surface area contributed by atoms with Gasteiger partial charge >= 0.3 is 0 Å². The van der Waals surface area contributed by atoms with Gasteiger partial charge in [-0.15, -0.1) is 10.2 Å². The van der Waals surface area contributed by atoms with E-state index in [1.807, 2.05) is 0 Å². The molecule has 0 aliphatic heterocycles. The second kappa shape index (κ2) is 7.78. The molecule has 0 radical (unpaired) electrons. The molecule has 0 bridgehead atoms. The Hall–Kier alpha value is -3.62. The highest BCUT2D eigenvalue weighted by Gasteiger charge is 2.33. The van der Waals surface area contributed by atoms with Crippen LogP contribution in [0.15, 0.2) is 48.5 Å². The molecule has 1 aliphatic rings. The zero-order valence-corrected chi connectivity index (χ0v) is 15.5. The first-order chi connectivity index (χ1) is 14.0. The molecule has 2 amide bonds. The normalized spacial score (nSPS) is 13.3.